The van der Waals surface area contributed by atoms with Crippen LogP contribution in [0.5, 0.6) is 0 Å². The van der Waals surface area contributed by atoms with Crippen molar-refractivity contribution >= 4 is 23.4 Å². The van der Waals surface area contributed by atoms with Gasteiger partial charge >= 0.3 is 6.18 Å². The Morgan fingerprint density at radius 3 is 2.57 bits per heavy atom. The Labute approximate surface area is 124 Å². The molecular formula is C13H13F3N2O2S. The Balaban J connectivity index is 3.07. The van der Waals surface area contributed by atoms with Crippen molar-refractivity contribution in [2.75, 3.05) is 17.3 Å². The first-order chi connectivity index (χ1) is 9.61. The van der Waals surface area contributed by atoms with Crippen LogP contribution in [0.2, 0.25) is 0 Å². The number of thioether (sulfide) groups is 1. The molecule has 0 aliphatic carbocycles. The number of hydrogen-bond acceptors (Lipinski definition) is 4. The highest BCUT2D eigenvalue weighted by Gasteiger charge is 2.35. The molecule has 0 spiro atoms. The first-order valence-corrected chi connectivity index (χ1v) is 7.15. The fraction of sp³-hybridized carbons (Fsp3) is 0.385. The van der Waals surface area contributed by atoms with Crippen LogP contribution in [0.1, 0.15) is 18.1 Å². The number of carbonyl (C=O) groups is 1. The molecular weight excluding hydrogens is 305 g/mol. The Bertz CT molecular complexity index is 580. The van der Waals surface area contributed by atoms with Crippen LogP contribution in [0.25, 0.3) is 0 Å². The molecule has 1 atom stereocenters. The highest BCUT2D eigenvalue weighted by atomic mass is 32.2. The van der Waals surface area contributed by atoms with E-state index in [-0.39, 0.29) is 11.4 Å². The molecule has 0 bridgehead atoms. The van der Waals surface area contributed by atoms with Crippen molar-refractivity contribution in [3.05, 3.63) is 29.3 Å². The van der Waals surface area contributed by atoms with Crippen molar-refractivity contribution in [1.29, 1.82) is 5.26 Å². The van der Waals surface area contributed by atoms with E-state index in [0.717, 1.165) is 6.07 Å². The molecule has 0 fully saturated rings. The van der Waals surface area contributed by atoms with Crippen LogP contribution in [-0.2, 0) is 11.0 Å². The van der Waals surface area contributed by atoms with Gasteiger partial charge in [0.2, 0.25) is 0 Å². The topological polar surface area (TPSA) is 73.1 Å². The number of amides is 1. The second kappa shape index (κ2) is 6.37. The first-order valence-electron chi connectivity index (χ1n) is 5.76. The third-order valence-corrected chi connectivity index (χ3v) is 3.47. The van der Waals surface area contributed by atoms with E-state index in [1.54, 1.807) is 6.26 Å². The summed E-state index contributed by atoms with van der Waals surface area (Å²) in [6.07, 6.45) is -3.02. The van der Waals surface area contributed by atoms with Crippen molar-refractivity contribution in [3.8, 4) is 6.07 Å². The Morgan fingerprint density at radius 1 is 1.48 bits per heavy atom. The lowest BCUT2D eigenvalue weighted by Gasteiger charge is -2.21. The number of hydrogen-bond donors (Lipinski definition) is 2. The van der Waals surface area contributed by atoms with E-state index in [0.29, 0.717) is 6.07 Å². The van der Waals surface area contributed by atoms with E-state index >= 15 is 0 Å². The largest absolute Gasteiger partial charge is 0.417 e. The quantitative estimate of drug-likeness (QED) is 0.895. The number of aliphatic hydroxyl groups is 1. The van der Waals surface area contributed by atoms with Gasteiger partial charge in [0.1, 0.15) is 5.60 Å². The molecule has 0 radical (unpaired) electrons. The van der Waals surface area contributed by atoms with Gasteiger partial charge in [0.25, 0.3) is 5.91 Å². The molecule has 0 aromatic heterocycles. The van der Waals surface area contributed by atoms with Gasteiger partial charge in [0.15, 0.2) is 0 Å². The summed E-state index contributed by atoms with van der Waals surface area (Å²) in [4.78, 5) is 11.8. The van der Waals surface area contributed by atoms with Crippen LogP contribution in [-0.4, -0.2) is 28.6 Å². The molecule has 1 unspecified atom stereocenters. The standard InChI is InChI=1S/C13H13F3N2O2S/c1-12(20,7-21-2)11(19)18-9-4-3-8(6-17)10(5-9)13(14,15)16/h3-5,20H,7H2,1-2H3,(H,18,19). The molecule has 0 aliphatic heterocycles. The molecule has 1 aromatic carbocycles. The lowest BCUT2D eigenvalue weighted by atomic mass is 10.1. The summed E-state index contributed by atoms with van der Waals surface area (Å²) in [6.45, 7) is 1.27. The fourth-order valence-electron chi connectivity index (χ4n) is 1.57. The zero-order valence-electron chi connectivity index (χ0n) is 11.3. The van der Waals surface area contributed by atoms with Gasteiger partial charge in [-0.3, -0.25) is 4.79 Å². The molecule has 21 heavy (non-hydrogen) atoms. The number of benzene rings is 1. The number of alkyl halides is 3. The summed E-state index contributed by atoms with van der Waals surface area (Å²) in [5.74, 6) is -0.712. The van der Waals surface area contributed by atoms with Crippen molar-refractivity contribution in [3.63, 3.8) is 0 Å². The van der Waals surface area contributed by atoms with E-state index in [2.05, 4.69) is 5.32 Å². The predicted octanol–water partition coefficient (Wildman–Crippen LogP) is 2.63. The second-order valence-electron chi connectivity index (χ2n) is 4.53. The Hall–Kier alpha value is -1.72. The molecule has 0 heterocycles. The molecule has 2 N–H and O–H groups in total. The van der Waals surface area contributed by atoms with Gasteiger partial charge in [-0.1, -0.05) is 0 Å². The Morgan fingerprint density at radius 2 is 2.10 bits per heavy atom. The van der Waals surface area contributed by atoms with E-state index < -0.39 is 28.8 Å². The summed E-state index contributed by atoms with van der Waals surface area (Å²) in [5, 5.41) is 20.8. The maximum absolute atomic E-state index is 12.8. The molecule has 114 valence electrons. The van der Waals surface area contributed by atoms with Gasteiger partial charge in [-0.25, -0.2) is 0 Å². The molecule has 4 nitrogen and oxygen atoms in total. The van der Waals surface area contributed by atoms with Gasteiger partial charge < -0.3 is 10.4 Å². The van der Waals surface area contributed by atoms with Crippen LogP contribution in [0.15, 0.2) is 18.2 Å². The van der Waals surface area contributed by atoms with Crippen LogP contribution in [0.3, 0.4) is 0 Å². The summed E-state index contributed by atoms with van der Waals surface area (Å²) < 4.78 is 38.4. The highest BCUT2D eigenvalue weighted by molar-refractivity contribution is 7.98. The summed E-state index contributed by atoms with van der Waals surface area (Å²) in [7, 11) is 0. The van der Waals surface area contributed by atoms with Gasteiger partial charge in [0, 0.05) is 11.4 Å². The van der Waals surface area contributed by atoms with Gasteiger partial charge in [0.05, 0.1) is 17.2 Å². The number of rotatable bonds is 4. The van der Waals surface area contributed by atoms with Crippen molar-refractivity contribution in [2.24, 2.45) is 0 Å². The van der Waals surface area contributed by atoms with E-state index in [9.17, 15) is 23.1 Å². The second-order valence-corrected chi connectivity index (χ2v) is 5.40. The summed E-state index contributed by atoms with van der Waals surface area (Å²) >= 11 is 1.23. The average Bonchev–Trinajstić information content (AvgIpc) is 2.37. The van der Waals surface area contributed by atoms with Gasteiger partial charge in [-0.15, -0.1) is 0 Å². The monoisotopic (exact) mass is 318 g/mol. The number of nitrogens with zero attached hydrogens (tertiary/aromatic N) is 1. The van der Waals surface area contributed by atoms with Crippen LogP contribution >= 0.6 is 11.8 Å². The Kier molecular flexibility index (Phi) is 5.25. The minimum atomic E-state index is -4.70. The lowest BCUT2D eigenvalue weighted by Crippen LogP contribution is -2.42. The average molecular weight is 318 g/mol. The van der Waals surface area contributed by atoms with Crippen molar-refractivity contribution in [2.45, 2.75) is 18.7 Å². The molecule has 0 saturated heterocycles. The molecule has 1 rings (SSSR count). The van der Waals surface area contributed by atoms with E-state index in [4.69, 9.17) is 5.26 Å². The van der Waals surface area contributed by atoms with E-state index in [1.807, 2.05) is 0 Å². The highest BCUT2D eigenvalue weighted by Crippen LogP contribution is 2.33. The number of carbonyl (C=O) groups excluding carboxylic acids is 1. The maximum atomic E-state index is 12.8. The lowest BCUT2D eigenvalue weighted by molar-refractivity contribution is -0.137. The minimum Gasteiger partial charge on any atom is -0.379 e. The molecule has 8 heteroatoms. The fourth-order valence-corrected chi connectivity index (χ4v) is 2.26. The maximum Gasteiger partial charge on any atom is 0.417 e. The smallest absolute Gasteiger partial charge is 0.379 e. The number of nitriles is 1. The zero-order valence-corrected chi connectivity index (χ0v) is 12.1. The number of nitrogens with one attached hydrogen (secondary N) is 1. The zero-order chi connectivity index (χ0) is 16.3. The number of anilines is 1. The summed E-state index contributed by atoms with van der Waals surface area (Å²) in [6, 6.07) is 4.28. The summed E-state index contributed by atoms with van der Waals surface area (Å²) in [5.41, 5.74) is -3.50. The predicted molar refractivity (Wildman–Crippen MR) is 73.8 cm³/mol. The third kappa shape index (κ3) is 4.37. The molecule has 1 amide bonds. The van der Waals surface area contributed by atoms with Crippen LogP contribution in [0.4, 0.5) is 18.9 Å². The van der Waals surface area contributed by atoms with Crippen LogP contribution < -0.4 is 5.32 Å². The van der Waals surface area contributed by atoms with Crippen LogP contribution in [0, 0.1) is 11.3 Å². The number of halogens is 3. The first kappa shape index (κ1) is 17.3. The normalized spacial score (nSPS) is 14.1. The van der Waals surface area contributed by atoms with E-state index in [1.165, 1.54) is 30.8 Å². The molecule has 0 aliphatic rings. The molecule has 0 saturated carbocycles. The molecule has 1 aromatic rings. The minimum absolute atomic E-state index is 0.0985. The van der Waals surface area contributed by atoms with Gasteiger partial charge in [-0.2, -0.15) is 30.2 Å². The van der Waals surface area contributed by atoms with Gasteiger partial charge in [-0.05, 0) is 31.4 Å². The van der Waals surface area contributed by atoms with Crippen molar-refractivity contribution in [1.82, 2.24) is 0 Å². The SMILES string of the molecule is CSCC(C)(O)C(=O)Nc1ccc(C#N)c(C(F)(F)F)c1. The van der Waals surface area contributed by atoms with Crippen molar-refractivity contribution < 1.29 is 23.1 Å². The third-order valence-electron chi connectivity index (χ3n) is 2.62.